The first-order chi connectivity index (χ1) is 37.6. The first-order valence-electron chi connectivity index (χ1n) is 25.5. The number of aliphatic hydroxyl groups is 2. The highest BCUT2D eigenvalue weighted by Gasteiger charge is 2.62. The van der Waals surface area contributed by atoms with Crippen molar-refractivity contribution < 1.29 is 58.1 Å². The van der Waals surface area contributed by atoms with Crippen LogP contribution in [-0.2, 0) is 54.3 Å². The third-order valence-electron chi connectivity index (χ3n) is 13.2. The van der Waals surface area contributed by atoms with Crippen LogP contribution in [0.25, 0.3) is 0 Å². The minimum Gasteiger partial charge on any atom is -0.394 e. The molecule has 2 aromatic heterocycles. The Hall–Kier alpha value is -7.25. The van der Waals surface area contributed by atoms with E-state index in [1.807, 2.05) is 0 Å². The van der Waals surface area contributed by atoms with E-state index in [2.05, 4.69) is 31.3 Å². The third kappa shape index (κ3) is 16.6. The van der Waals surface area contributed by atoms with Crippen LogP contribution in [0.5, 0.6) is 0 Å². The molecule has 0 bridgehead atoms. The summed E-state index contributed by atoms with van der Waals surface area (Å²) in [5.74, 6) is -12.8. The van der Waals surface area contributed by atoms with Crippen molar-refractivity contribution in [3.63, 3.8) is 0 Å². The van der Waals surface area contributed by atoms with Crippen LogP contribution in [0.1, 0.15) is 73.1 Å². The zero-order chi connectivity index (χ0) is 58.0. The van der Waals surface area contributed by atoms with Crippen LogP contribution in [0.2, 0.25) is 0 Å². The number of esters is 2. The topological polar surface area (TPSA) is 465 Å². The van der Waals surface area contributed by atoms with Crippen molar-refractivity contribution in [2.24, 2.45) is 50.1 Å². The van der Waals surface area contributed by atoms with Gasteiger partial charge in [0.2, 0.25) is 35.1 Å². The molecule has 27 nitrogen and oxygen atoms in total. The van der Waals surface area contributed by atoms with Crippen LogP contribution >= 0.6 is 22.7 Å². The van der Waals surface area contributed by atoms with Gasteiger partial charge in [0.05, 0.1) is 48.8 Å². The summed E-state index contributed by atoms with van der Waals surface area (Å²) < 4.78 is 5.51. The van der Waals surface area contributed by atoms with Crippen LogP contribution in [0, 0.1) is 0 Å². The maximum absolute atomic E-state index is 16.4. The SMILES string of the molecule is C[C@H](N)C(=O)N[C@@H](CO)C(=O)N[C@H](Cc1ccccc1)C(=O)N(C(=O)[C@@H](N)C(c1cccs1)c1cccs1)[C@@](CCCN=C(N)N)(C(=O)OC(=O)CNC(=O)[C@@H]1C[C@@H](O)CN1)C(=O)[C@@H]1CCCN1C(=O)[C@@H](N)CCCN=C(N)N. The second kappa shape index (κ2) is 29.6. The molecule has 79 heavy (non-hydrogen) atoms. The lowest BCUT2D eigenvalue weighted by atomic mass is 9.80. The highest BCUT2D eigenvalue weighted by Crippen LogP contribution is 2.38. The second-order valence-electron chi connectivity index (χ2n) is 19.0. The standard InChI is InChI=1S/C50H71N15O12S2/c1-27(51)41(70)63-33(26-66)43(72)62-32(22-28-10-3-2-4-11-28)45(74)65(46(75)39(53)38(35-14-7-20-78-35)36-15-8-21-79-36)50(16-9-18-59-49(56)57,47(76)77-37(68)25-61-42(71)31-23-29(67)24-60-31)40(69)34-13-6-19-64(34)44(73)30(52)12-5-17-58-48(54)55/h2-4,7-8,10-11,14-15,20-21,27,29-34,38-39,60,66-67H,5-6,9,12-13,16-19,22-26,51-53H2,1H3,(H,61,71)(H,62,72)(H,63,70)(H4,54,55,58)(H4,56,57,59)/t27-,29+,30-,31-,32+,33-,34-,39-,50+/m0/s1. The number of aliphatic imine (C=N–C) groups is 2. The lowest BCUT2D eigenvalue weighted by Crippen LogP contribution is -2.72. The monoisotopic (exact) mass is 1140 g/mol. The predicted molar refractivity (Wildman–Crippen MR) is 292 cm³/mol. The molecule has 0 saturated carbocycles. The number of nitrogens with two attached hydrogens (primary N) is 7. The third-order valence-corrected chi connectivity index (χ3v) is 15.1. The molecule has 3 aromatic rings. The molecule has 1 aromatic carbocycles. The molecule has 0 radical (unpaired) electrons. The fourth-order valence-corrected chi connectivity index (χ4v) is 11.1. The summed E-state index contributed by atoms with van der Waals surface area (Å²) in [6.45, 7) is -1.04. The molecular formula is C50H71N15O12S2. The maximum atomic E-state index is 16.4. The summed E-state index contributed by atoms with van der Waals surface area (Å²) in [6, 6.07) is 4.04. The molecule has 0 unspecified atom stereocenters. The number of benzene rings is 1. The number of Topliss-reactive ketones (excluding diaryl/α,β-unsaturated/α-hetero) is 1. The van der Waals surface area contributed by atoms with Gasteiger partial charge in [-0.15, -0.1) is 22.7 Å². The van der Waals surface area contributed by atoms with E-state index in [-0.39, 0.29) is 69.1 Å². The molecule has 0 aliphatic carbocycles. The van der Waals surface area contributed by atoms with Crippen molar-refractivity contribution in [2.75, 3.05) is 39.3 Å². The Bertz CT molecular complexity index is 2620. The number of ketones is 1. The van der Waals surface area contributed by atoms with Crippen molar-refractivity contribution in [1.29, 1.82) is 0 Å². The molecule has 4 heterocycles. The van der Waals surface area contributed by atoms with E-state index >= 15 is 19.2 Å². The Morgan fingerprint density at radius 1 is 0.848 bits per heavy atom. The molecule has 2 fully saturated rings. The van der Waals surface area contributed by atoms with Crippen LogP contribution in [0.4, 0.5) is 0 Å². The van der Waals surface area contributed by atoms with E-state index in [1.54, 1.807) is 65.4 Å². The number of guanidine groups is 2. The van der Waals surface area contributed by atoms with Crippen molar-refractivity contribution in [3.05, 3.63) is 80.7 Å². The molecule has 430 valence electrons. The van der Waals surface area contributed by atoms with E-state index in [0.29, 0.717) is 15.3 Å². The second-order valence-corrected chi connectivity index (χ2v) is 21.0. The average molecular weight is 1140 g/mol. The van der Waals surface area contributed by atoms with Gasteiger partial charge in [-0.1, -0.05) is 42.5 Å². The largest absolute Gasteiger partial charge is 0.394 e. The van der Waals surface area contributed by atoms with Crippen molar-refractivity contribution >= 4 is 87.8 Å². The van der Waals surface area contributed by atoms with E-state index < -0.39 is 151 Å². The van der Waals surface area contributed by atoms with E-state index in [0.717, 1.165) is 4.90 Å². The first kappa shape index (κ1) is 62.6. The van der Waals surface area contributed by atoms with Gasteiger partial charge in [-0.05, 0) is 80.3 Å². The van der Waals surface area contributed by atoms with Gasteiger partial charge in [0.1, 0.15) is 18.6 Å². The van der Waals surface area contributed by atoms with E-state index in [9.17, 15) is 34.2 Å². The van der Waals surface area contributed by atoms with Gasteiger partial charge in [-0.3, -0.25) is 48.4 Å². The van der Waals surface area contributed by atoms with Crippen LogP contribution in [0.15, 0.2) is 75.3 Å². The number of amides is 6. The highest BCUT2D eigenvalue weighted by atomic mass is 32.1. The minimum absolute atomic E-state index is 0.0133. The van der Waals surface area contributed by atoms with Gasteiger partial charge in [-0.25, -0.2) is 9.59 Å². The average Bonchev–Trinajstić information content (AvgIpc) is 4.46. The van der Waals surface area contributed by atoms with E-state index in [1.165, 1.54) is 29.6 Å². The molecule has 2 aliphatic heterocycles. The van der Waals surface area contributed by atoms with Crippen molar-refractivity contribution in [3.8, 4) is 0 Å². The van der Waals surface area contributed by atoms with Gasteiger partial charge in [0.15, 0.2) is 17.7 Å². The van der Waals surface area contributed by atoms with Gasteiger partial charge >= 0.3 is 11.9 Å². The van der Waals surface area contributed by atoms with Crippen LogP contribution in [-0.4, -0.2) is 178 Å². The maximum Gasteiger partial charge on any atom is 0.348 e. The lowest BCUT2D eigenvalue weighted by molar-refractivity contribution is -0.181. The number of carbonyl (C=O) groups is 9. The number of rotatable bonds is 28. The molecular weight excluding hydrogens is 1070 g/mol. The fourth-order valence-electron chi connectivity index (χ4n) is 9.22. The zero-order valence-electron chi connectivity index (χ0n) is 43.6. The molecule has 2 aliphatic rings. The number of nitrogens with one attached hydrogen (secondary N) is 4. The number of thiophene rings is 2. The summed E-state index contributed by atoms with van der Waals surface area (Å²) in [7, 11) is 0. The summed E-state index contributed by atoms with van der Waals surface area (Å²) in [4.78, 5) is 144. The van der Waals surface area contributed by atoms with Crippen LogP contribution in [0.3, 0.4) is 0 Å². The smallest absolute Gasteiger partial charge is 0.348 e. The molecule has 9 atom stereocenters. The number of ether oxygens (including phenoxy) is 1. The normalized spacial score (nSPS) is 18.6. The summed E-state index contributed by atoms with van der Waals surface area (Å²) >= 11 is 2.40. The van der Waals surface area contributed by atoms with Crippen molar-refractivity contribution in [2.45, 2.75) is 118 Å². The number of hydrogen-bond donors (Lipinski definition) is 13. The Morgan fingerprint density at radius 2 is 1.47 bits per heavy atom. The zero-order valence-corrected chi connectivity index (χ0v) is 45.2. The lowest BCUT2D eigenvalue weighted by Gasteiger charge is -2.44. The van der Waals surface area contributed by atoms with Crippen molar-refractivity contribution in [1.82, 2.24) is 31.1 Å². The van der Waals surface area contributed by atoms with Crippen LogP contribution < -0.4 is 61.4 Å². The van der Waals surface area contributed by atoms with E-state index in [4.69, 9.17) is 44.9 Å². The molecule has 29 heteroatoms. The van der Waals surface area contributed by atoms with Gasteiger partial charge in [-0.2, -0.15) is 0 Å². The number of likely N-dealkylation sites (tertiary alicyclic amines) is 1. The van der Waals surface area contributed by atoms with Gasteiger partial charge in [0.25, 0.3) is 5.91 Å². The summed E-state index contributed by atoms with van der Waals surface area (Å²) in [5, 5.41) is 33.8. The number of β-amino-alcohol motifs (C(OH)–C–C–N with tert-alkyl or cyclic N) is 1. The number of aliphatic hydroxyl groups excluding tert-OH is 2. The predicted octanol–water partition coefficient (Wildman–Crippen LogP) is -4.18. The molecule has 20 N–H and O–H groups in total. The molecule has 6 amide bonds. The number of carbonyl (C=O) groups excluding carboxylic acids is 9. The number of nitrogens with zero attached hydrogens (tertiary/aromatic N) is 4. The number of imide groups is 1. The minimum atomic E-state index is -3.33. The number of hydrogen-bond acceptors (Lipinski definition) is 20. The molecule has 2 saturated heterocycles. The quantitative estimate of drug-likeness (QED) is 0.0108. The Kier molecular flexibility index (Phi) is 23.5. The fraction of sp³-hybridized carbons (Fsp3) is 0.500. The Morgan fingerprint density at radius 3 is 2.03 bits per heavy atom. The Balaban J connectivity index is 1.79. The Labute approximate surface area is 463 Å². The van der Waals surface area contributed by atoms with Gasteiger partial charge in [0, 0.05) is 42.4 Å². The molecule has 0 spiro atoms. The summed E-state index contributed by atoms with van der Waals surface area (Å²) in [5.41, 5.74) is 38.7. The highest BCUT2D eigenvalue weighted by molar-refractivity contribution is 7.11. The first-order valence-corrected chi connectivity index (χ1v) is 27.2. The summed E-state index contributed by atoms with van der Waals surface area (Å²) in [6.07, 6.45) is -2.56. The molecule has 5 rings (SSSR count). The van der Waals surface area contributed by atoms with Gasteiger partial charge < -0.3 is 81.3 Å².